The van der Waals surface area contributed by atoms with E-state index in [1.165, 1.54) is 0 Å². The number of azide groups is 1. The Labute approximate surface area is 120 Å². The highest BCUT2D eigenvalue weighted by molar-refractivity contribution is 5.16. The standard InChI is InChI=1S/C13H15N3O5/c14-16-15-9-10(17)11-8(20-12(9)18)6-19-13(21-11)7-4-2-1-3-5-7/h1-5,8-13,17-18H,6H2/t8-,9-,10-,11+,12+,13?/m1/s1. The summed E-state index contributed by atoms with van der Waals surface area (Å²) in [5, 5.41) is 23.3. The molecule has 0 bridgehead atoms. The summed E-state index contributed by atoms with van der Waals surface area (Å²) in [4.78, 5) is 2.61. The molecule has 0 aliphatic carbocycles. The molecular weight excluding hydrogens is 278 g/mol. The minimum atomic E-state index is -1.38. The van der Waals surface area contributed by atoms with E-state index in [4.69, 9.17) is 19.7 Å². The van der Waals surface area contributed by atoms with Crippen LogP contribution in [0.3, 0.4) is 0 Å². The third kappa shape index (κ3) is 2.73. The van der Waals surface area contributed by atoms with Crippen molar-refractivity contribution in [2.75, 3.05) is 6.61 Å². The van der Waals surface area contributed by atoms with Crippen molar-refractivity contribution in [3.8, 4) is 0 Å². The summed E-state index contributed by atoms with van der Waals surface area (Å²) in [6.45, 7) is 0.168. The van der Waals surface area contributed by atoms with Crippen LogP contribution in [0, 0.1) is 0 Å². The summed E-state index contributed by atoms with van der Waals surface area (Å²) in [6, 6.07) is 8.18. The molecule has 0 saturated carbocycles. The summed E-state index contributed by atoms with van der Waals surface area (Å²) in [5.74, 6) is 0. The number of fused-ring (bicyclic) bond motifs is 1. The molecule has 2 heterocycles. The van der Waals surface area contributed by atoms with Crippen LogP contribution in [-0.4, -0.2) is 47.5 Å². The lowest BCUT2D eigenvalue weighted by Crippen LogP contribution is -2.61. The monoisotopic (exact) mass is 293 g/mol. The maximum Gasteiger partial charge on any atom is 0.184 e. The molecular formula is C13H15N3O5. The Balaban J connectivity index is 1.78. The smallest absolute Gasteiger partial charge is 0.184 e. The second-order valence-corrected chi connectivity index (χ2v) is 4.93. The zero-order valence-corrected chi connectivity index (χ0v) is 11.0. The number of benzene rings is 1. The lowest BCUT2D eigenvalue weighted by Gasteiger charge is -2.45. The molecule has 1 unspecified atom stereocenters. The molecule has 21 heavy (non-hydrogen) atoms. The molecule has 112 valence electrons. The lowest BCUT2D eigenvalue weighted by atomic mass is 9.96. The molecule has 2 fully saturated rings. The van der Waals surface area contributed by atoms with Gasteiger partial charge in [-0.2, -0.15) is 0 Å². The van der Waals surface area contributed by atoms with E-state index in [-0.39, 0.29) is 6.61 Å². The van der Waals surface area contributed by atoms with Gasteiger partial charge < -0.3 is 24.4 Å². The van der Waals surface area contributed by atoms with E-state index in [1.807, 2.05) is 30.3 Å². The number of aliphatic hydroxyl groups is 2. The van der Waals surface area contributed by atoms with Gasteiger partial charge in [-0.25, -0.2) is 0 Å². The van der Waals surface area contributed by atoms with Crippen molar-refractivity contribution >= 4 is 0 Å². The highest BCUT2D eigenvalue weighted by atomic mass is 16.7. The van der Waals surface area contributed by atoms with E-state index >= 15 is 0 Å². The first-order valence-corrected chi connectivity index (χ1v) is 6.58. The largest absolute Gasteiger partial charge is 0.390 e. The number of nitrogens with zero attached hydrogens (tertiary/aromatic N) is 3. The number of hydrogen-bond donors (Lipinski definition) is 2. The van der Waals surface area contributed by atoms with Gasteiger partial charge in [-0.05, 0) is 5.53 Å². The van der Waals surface area contributed by atoms with Crippen molar-refractivity contribution < 1.29 is 24.4 Å². The Bertz CT molecular complexity index is 536. The fourth-order valence-corrected chi connectivity index (χ4v) is 2.56. The van der Waals surface area contributed by atoms with Gasteiger partial charge in [-0.15, -0.1) is 0 Å². The van der Waals surface area contributed by atoms with Crippen LogP contribution in [0.4, 0.5) is 0 Å². The van der Waals surface area contributed by atoms with E-state index in [9.17, 15) is 10.2 Å². The first kappa shape index (κ1) is 14.3. The van der Waals surface area contributed by atoms with E-state index in [2.05, 4.69) is 10.0 Å². The molecule has 0 amide bonds. The first-order valence-electron chi connectivity index (χ1n) is 6.58. The quantitative estimate of drug-likeness (QED) is 0.476. The van der Waals surface area contributed by atoms with Crippen molar-refractivity contribution in [3.05, 3.63) is 46.3 Å². The second-order valence-electron chi connectivity index (χ2n) is 4.93. The Morgan fingerprint density at radius 2 is 1.95 bits per heavy atom. The molecule has 0 spiro atoms. The SMILES string of the molecule is [N-]=[N+]=N[C@@H]1[C@@H](O)[C@H]2OC(c3ccccc3)OC[C@H]2O[C@@H]1O. The van der Waals surface area contributed by atoms with Crippen LogP contribution in [0.1, 0.15) is 11.9 Å². The highest BCUT2D eigenvalue weighted by Gasteiger charge is 2.48. The molecule has 2 saturated heterocycles. The van der Waals surface area contributed by atoms with Gasteiger partial charge in [0.15, 0.2) is 12.6 Å². The predicted molar refractivity (Wildman–Crippen MR) is 69.8 cm³/mol. The number of aliphatic hydroxyl groups excluding tert-OH is 2. The summed E-state index contributed by atoms with van der Waals surface area (Å²) in [7, 11) is 0. The molecule has 6 atom stereocenters. The van der Waals surface area contributed by atoms with Gasteiger partial charge in [-0.1, -0.05) is 35.4 Å². The Morgan fingerprint density at radius 3 is 2.67 bits per heavy atom. The van der Waals surface area contributed by atoms with Crippen molar-refractivity contribution in [2.24, 2.45) is 5.11 Å². The van der Waals surface area contributed by atoms with Crippen LogP contribution in [0.2, 0.25) is 0 Å². The Morgan fingerprint density at radius 1 is 1.19 bits per heavy atom. The van der Waals surface area contributed by atoms with Crippen LogP contribution in [-0.2, 0) is 14.2 Å². The minimum Gasteiger partial charge on any atom is -0.390 e. The van der Waals surface area contributed by atoms with E-state index in [1.54, 1.807) is 0 Å². The normalized spacial score (nSPS) is 39.1. The molecule has 0 aromatic heterocycles. The van der Waals surface area contributed by atoms with Gasteiger partial charge in [0.2, 0.25) is 0 Å². The predicted octanol–water partition coefficient (Wildman–Crippen LogP) is 0.858. The number of hydrogen-bond acceptors (Lipinski definition) is 6. The zero-order valence-electron chi connectivity index (χ0n) is 11.0. The van der Waals surface area contributed by atoms with E-state index in [0.29, 0.717) is 0 Å². The molecule has 1 aromatic carbocycles. The van der Waals surface area contributed by atoms with Crippen molar-refractivity contribution in [1.29, 1.82) is 0 Å². The van der Waals surface area contributed by atoms with E-state index in [0.717, 1.165) is 5.56 Å². The van der Waals surface area contributed by atoms with Gasteiger partial charge in [0, 0.05) is 10.5 Å². The van der Waals surface area contributed by atoms with Crippen LogP contribution in [0.5, 0.6) is 0 Å². The van der Waals surface area contributed by atoms with Gasteiger partial charge in [-0.3, -0.25) is 0 Å². The molecule has 2 aliphatic rings. The molecule has 1 aromatic rings. The molecule has 8 heteroatoms. The lowest BCUT2D eigenvalue weighted by molar-refractivity contribution is -0.335. The molecule has 3 rings (SSSR count). The number of ether oxygens (including phenoxy) is 3. The third-order valence-corrected chi connectivity index (χ3v) is 3.61. The topological polar surface area (TPSA) is 117 Å². The van der Waals surface area contributed by atoms with Crippen molar-refractivity contribution in [1.82, 2.24) is 0 Å². The fraction of sp³-hybridized carbons (Fsp3) is 0.538. The van der Waals surface area contributed by atoms with Crippen LogP contribution >= 0.6 is 0 Å². The van der Waals surface area contributed by atoms with Crippen molar-refractivity contribution in [3.63, 3.8) is 0 Å². The van der Waals surface area contributed by atoms with Crippen molar-refractivity contribution in [2.45, 2.75) is 36.9 Å². The fourth-order valence-electron chi connectivity index (χ4n) is 2.56. The summed E-state index contributed by atoms with van der Waals surface area (Å²) >= 11 is 0. The summed E-state index contributed by atoms with van der Waals surface area (Å²) in [6.07, 6.45) is -4.52. The molecule has 2 N–H and O–H groups in total. The number of rotatable bonds is 2. The zero-order chi connectivity index (χ0) is 14.8. The van der Waals surface area contributed by atoms with Crippen LogP contribution < -0.4 is 0 Å². The van der Waals surface area contributed by atoms with E-state index < -0.39 is 36.9 Å². The van der Waals surface area contributed by atoms with Gasteiger partial charge in [0.1, 0.15) is 18.2 Å². The van der Waals surface area contributed by atoms with Gasteiger partial charge in [0.25, 0.3) is 0 Å². The Hall–Kier alpha value is -1.67. The molecule has 8 nitrogen and oxygen atoms in total. The molecule has 2 aliphatic heterocycles. The third-order valence-electron chi connectivity index (χ3n) is 3.61. The summed E-state index contributed by atoms with van der Waals surface area (Å²) < 4.78 is 16.6. The minimum absolute atomic E-state index is 0.168. The highest BCUT2D eigenvalue weighted by Crippen LogP contribution is 2.34. The van der Waals surface area contributed by atoms with Gasteiger partial charge in [0.05, 0.1) is 12.7 Å². The average Bonchev–Trinajstić information content (AvgIpc) is 2.52. The van der Waals surface area contributed by atoms with Crippen LogP contribution in [0.25, 0.3) is 10.4 Å². The average molecular weight is 293 g/mol. The van der Waals surface area contributed by atoms with Crippen LogP contribution in [0.15, 0.2) is 35.4 Å². The molecule has 0 radical (unpaired) electrons. The maximum absolute atomic E-state index is 10.2. The summed E-state index contributed by atoms with van der Waals surface area (Å²) in [5.41, 5.74) is 9.31. The Kier molecular flexibility index (Phi) is 4.07. The maximum atomic E-state index is 10.2. The van der Waals surface area contributed by atoms with Gasteiger partial charge >= 0.3 is 0 Å². The second kappa shape index (κ2) is 5.98. The first-order chi connectivity index (χ1) is 10.2.